The van der Waals surface area contributed by atoms with Crippen LogP contribution in [0.2, 0.25) is 0 Å². The fourth-order valence-corrected chi connectivity index (χ4v) is 3.97. The van der Waals surface area contributed by atoms with E-state index in [9.17, 15) is 9.90 Å². The fourth-order valence-electron chi connectivity index (χ4n) is 3.97. The number of aliphatic hydroxyl groups is 1. The minimum atomic E-state index is -0.137. The molecular formula is C23H25N3O2. The molecule has 144 valence electrons. The lowest BCUT2D eigenvalue weighted by atomic mass is 9.99. The van der Waals surface area contributed by atoms with E-state index in [-0.39, 0.29) is 18.6 Å². The molecule has 1 amide bonds. The molecule has 5 nitrogen and oxygen atoms in total. The van der Waals surface area contributed by atoms with Crippen molar-refractivity contribution in [3.8, 4) is 0 Å². The van der Waals surface area contributed by atoms with Crippen LogP contribution in [0.3, 0.4) is 0 Å². The molecule has 1 fully saturated rings. The van der Waals surface area contributed by atoms with E-state index in [1.54, 1.807) is 0 Å². The third-order valence-corrected chi connectivity index (χ3v) is 5.36. The van der Waals surface area contributed by atoms with Crippen molar-refractivity contribution in [2.75, 3.05) is 23.4 Å². The number of aliphatic hydroxyl groups excluding tert-OH is 1. The summed E-state index contributed by atoms with van der Waals surface area (Å²) in [5.41, 5.74) is 2.20. The molecule has 4 rings (SSSR count). The van der Waals surface area contributed by atoms with Crippen molar-refractivity contribution in [2.24, 2.45) is 0 Å². The van der Waals surface area contributed by atoms with Gasteiger partial charge in [-0.25, -0.2) is 4.98 Å². The molecule has 0 radical (unpaired) electrons. The zero-order chi connectivity index (χ0) is 19.3. The number of nitrogens with one attached hydrogen (secondary N) is 1. The van der Waals surface area contributed by atoms with Crippen LogP contribution < -0.4 is 10.2 Å². The Hall–Kier alpha value is -2.92. The van der Waals surface area contributed by atoms with Gasteiger partial charge in [0.25, 0.3) is 5.91 Å². The molecular weight excluding hydrogens is 350 g/mol. The normalized spacial score (nSPS) is 16.9. The third kappa shape index (κ3) is 3.85. The van der Waals surface area contributed by atoms with Crippen LogP contribution in [0.25, 0.3) is 10.9 Å². The maximum Gasteiger partial charge on any atom is 0.256 e. The number of para-hydroxylation sites is 2. The molecule has 5 heteroatoms. The van der Waals surface area contributed by atoms with E-state index in [0.717, 1.165) is 54.6 Å². The molecule has 0 bridgehead atoms. The summed E-state index contributed by atoms with van der Waals surface area (Å²) in [6, 6.07) is 19.4. The molecule has 3 aromatic rings. The minimum Gasteiger partial charge on any atom is -0.396 e. The van der Waals surface area contributed by atoms with Gasteiger partial charge >= 0.3 is 0 Å². The lowest BCUT2D eigenvalue weighted by molar-refractivity contribution is 0.102. The zero-order valence-corrected chi connectivity index (χ0v) is 15.8. The van der Waals surface area contributed by atoms with E-state index < -0.39 is 0 Å². The largest absolute Gasteiger partial charge is 0.396 e. The number of benzene rings is 2. The molecule has 0 spiro atoms. The van der Waals surface area contributed by atoms with Gasteiger partial charge < -0.3 is 15.3 Å². The molecule has 0 saturated carbocycles. The number of hydrogen-bond donors (Lipinski definition) is 2. The molecule has 1 aliphatic rings. The van der Waals surface area contributed by atoms with Crippen molar-refractivity contribution in [2.45, 2.75) is 31.7 Å². The number of amides is 1. The Labute approximate surface area is 165 Å². The van der Waals surface area contributed by atoms with E-state index in [4.69, 9.17) is 4.98 Å². The average Bonchev–Trinajstić information content (AvgIpc) is 2.74. The highest BCUT2D eigenvalue weighted by molar-refractivity contribution is 6.13. The van der Waals surface area contributed by atoms with Crippen molar-refractivity contribution in [3.05, 3.63) is 66.2 Å². The Morgan fingerprint density at radius 1 is 1.11 bits per heavy atom. The molecule has 1 aromatic heterocycles. The van der Waals surface area contributed by atoms with Crippen molar-refractivity contribution < 1.29 is 9.90 Å². The number of anilines is 2. The topological polar surface area (TPSA) is 65.5 Å². The highest BCUT2D eigenvalue weighted by Crippen LogP contribution is 2.29. The summed E-state index contributed by atoms with van der Waals surface area (Å²) < 4.78 is 0. The fraction of sp³-hybridized carbons (Fsp3) is 0.304. The lowest BCUT2D eigenvalue weighted by Gasteiger charge is -2.36. The molecule has 1 aliphatic heterocycles. The van der Waals surface area contributed by atoms with Gasteiger partial charge in [0.05, 0.1) is 11.1 Å². The van der Waals surface area contributed by atoms with Crippen LogP contribution in [0.1, 0.15) is 36.0 Å². The summed E-state index contributed by atoms with van der Waals surface area (Å²) in [6.07, 6.45) is 4.03. The summed E-state index contributed by atoms with van der Waals surface area (Å²) in [5.74, 6) is 0.678. The number of fused-ring (bicyclic) bond motifs is 1. The molecule has 1 atom stereocenters. The third-order valence-electron chi connectivity index (χ3n) is 5.36. The zero-order valence-electron chi connectivity index (χ0n) is 15.8. The van der Waals surface area contributed by atoms with Crippen LogP contribution in [-0.2, 0) is 0 Å². The number of pyridine rings is 1. The van der Waals surface area contributed by atoms with Crippen molar-refractivity contribution >= 4 is 28.3 Å². The van der Waals surface area contributed by atoms with E-state index in [1.807, 2.05) is 60.7 Å². The first-order valence-electron chi connectivity index (χ1n) is 9.90. The Morgan fingerprint density at radius 2 is 1.89 bits per heavy atom. The Morgan fingerprint density at radius 3 is 2.71 bits per heavy atom. The van der Waals surface area contributed by atoms with E-state index in [2.05, 4.69) is 10.2 Å². The van der Waals surface area contributed by atoms with Crippen LogP contribution in [0.4, 0.5) is 11.5 Å². The summed E-state index contributed by atoms with van der Waals surface area (Å²) in [5, 5.41) is 13.3. The molecule has 1 unspecified atom stereocenters. The number of hydrogen-bond acceptors (Lipinski definition) is 4. The second-order valence-electron chi connectivity index (χ2n) is 7.22. The maximum absolute atomic E-state index is 13.1. The summed E-state index contributed by atoms with van der Waals surface area (Å²) in [6.45, 7) is 1.06. The number of rotatable bonds is 5. The number of piperidine rings is 1. The van der Waals surface area contributed by atoms with Gasteiger partial charge in [0.2, 0.25) is 0 Å². The molecule has 2 heterocycles. The number of carbonyl (C=O) groups is 1. The highest BCUT2D eigenvalue weighted by atomic mass is 16.3. The predicted octanol–water partition coefficient (Wildman–Crippen LogP) is 4.23. The molecule has 28 heavy (non-hydrogen) atoms. The average molecular weight is 375 g/mol. The van der Waals surface area contributed by atoms with Gasteiger partial charge in [-0.05, 0) is 49.9 Å². The minimum absolute atomic E-state index is 0.137. The van der Waals surface area contributed by atoms with Gasteiger partial charge in [-0.2, -0.15) is 0 Å². The first-order chi connectivity index (χ1) is 13.8. The Kier molecular flexibility index (Phi) is 5.53. The van der Waals surface area contributed by atoms with Crippen molar-refractivity contribution in [1.29, 1.82) is 0 Å². The molecule has 1 saturated heterocycles. The number of aromatic nitrogens is 1. The van der Waals surface area contributed by atoms with Crippen LogP contribution >= 0.6 is 0 Å². The van der Waals surface area contributed by atoms with Gasteiger partial charge in [0, 0.05) is 30.3 Å². The van der Waals surface area contributed by atoms with Gasteiger partial charge in [0.1, 0.15) is 5.82 Å². The van der Waals surface area contributed by atoms with Crippen LogP contribution in [0.15, 0.2) is 60.7 Å². The number of nitrogens with zero attached hydrogens (tertiary/aromatic N) is 2. The first kappa shape index (κ1) is 18.4. The Bertz CT molecular complexity index is 956. The van der Waals surface area contributed by atoms with E-state index >= 15 is 0 Å². The molecule has 2 aromatic carbocycles. The standard InChI is InChI=1S/C23H25N3O2/c27-15-13-18-10-6-7-14-26(18)22-16-20(19-11-4-5-12-21(19)25-22)23(28)24-17-8-2-1-3-9-17/h1-5,8-9,11-12,16,18,27H,6-7,10,13-15H2,(H,24,28). The quantitative estimate of drug-likeness (QED) is 0.700. The molecule has 2 N–H and O–H groups in total. The van der Waals surface area contributed by atoms with Crippen LogP contribution in [0.5, 0.6) is 0 Å². The molecule has 0 aliphatic carbocycles. The maximum atomic E-state index is 13.1. The highest BCUT2D eigenvalue weighted by Gasteiger charge is 2.25. The van der Waals surface area contributed by atoms with Crippen LogP contribution in [-0.4, -0.2) is 35.2 Å². The number of carbonyl (C=O) groups excluding carboxylic acids is 1. The Balaban J connectivity index is 1.74. The summed E-state index contributed by atoms with van der Waals surface area (Å²) in [4.78, 5) is 20.2. The van der Waals surface area contributed by atoms with Crippen LogP contribution in [0, 0.1) is 0 Å². The second-order valence-corrected chi connectivity index (χ2v) is 7.22. The first-order valence-corrected chi connectivity index (χ1v) is 9.90. The van der Waals surface area contributed by atoms with Crippen molar-refractivity contribution in [3.63, 3.8) is 0 Å². The monoisotopic (exact) mass is 375 g/mol. The van der Waals surface area contributed by atoms with Crippen molar-refractivity contribution in [1.82, 2.24) is 4.98 Å². The van der Waals surface area contributed by atoms with Gasteiger partial charge in [0.15, 0.2) is 0 Å². The van der Waals surface area contributed by atoms with Gasteiger partial charge in [-0.3, -0.25) is 4.79 Å². The summed E-state index contributed by atoms with van der Waals surface area (Å²) >= 11 is 0. The smallest absolute Gasteiger partial charge is 0.256 e. The SMILES string of the molecule is O=C(Nc1ccccc1)c1cc(N2CCCCC2CCO)nc2ccccc12. The second kappa shape index (κ2) is 8.40. The lowest BCUT2D eigenvalue weighted by Crippen LogP contribution is -2.40. The van der Waals surface area contributed by atoms with Gasteiger partial charge in [-0.1, -0.05) is 36.4 Å². The predicted molar refractivity (Wildman–Crippen MR) is 113 cm³/mol. The van der Waals surface area contributed by atoms with Gasteiger partial charge in [-0.15, -0.1) is 0 Å². The van der Waals surface area contributed by atoms with E-state index in [1.165, 1.54) is 0 Å². The van der Waals surface area contributed by atoms with E-state index in [0.29, 0.717) is 5.56 Å². The summed E-state index contributed by atoms with van der Waals surface area (Å²) in [7, 11) is 0.